The minimum absolute atomic E-state index is 0. The number of fused-ring (bicyclic) bond motifs is 1. The summed E-state index contributed by atoms with van der Waals surface area (Å²) in [6, 6.07) is 8.15. The Morgan fingerprint density at radius 2 is 1.70 bits per heavy atom. The molecule has 7 nitrogen and oxygen atoms in total. The number of carbonyl (C=O) groups excluding carboxylic acids is 1. The summed E-state index contributed by atoms with van der Waals surface area (Å²) in [5, 5.41) is 6.69. The number of imidazole rings is 1. The van der Waals surface area contributed by atoms with Gasteiger partial charge in [0.25, 0.3) is 0 Å². The van der Waals surface area contributed by atoms with E-state index >= 15 is 0 Å². The quantitative estimate of drug-likeness (QED) is 0.557. The number of benzene rings is 1. The molecule has 3 heterocycles. The van der Waals surface area contributed by atoms with Gasteiger partial charge >= 0.3 is 5.69 Å². The Morgan fingerprint density at radius 1 is 1.00 bits per heavy atom. The van der Waals surface area contributed by atoms with E-state index in [0.717, 1.165) is 62.5 Å². The molecule has 208 valence electrons. The maximum atomic E-state index is 13.7. The Hall–Kier alpha value is -1.54. The van der Waals surface area contributed by atoms with E-state index in [1.165, 1.54) is 44.9 Å². The van der Waals surface area contributed by atoms with Crippen LogP contribution in [-0.4, -0.2) is 58.7 Å². The number of para-hydroxylation sites is 2. The Morgan fingerprint density at radius 3 is 2.38 bits per heavy atom. The van der Waals surface area contributed by atoms with Crippen LogP contribution in [0, 0.1) is 11.8 Å². The normalized spacial score (nSPS) is 25.6. The zero-order valence-electron chi connectivity index (χ0n) is 22.2. The summed E-state index contributed by atoms with van der Waals surface area (Å²) in [5.74, 6) is 0.636. The molecule has 0 radical (unpaired) electrons. The van der Waals surface area contributed by atoms with E-state index in [0.29, 0.717) is 6.54 Å². The molecular weight excluding hydrogens is 509 g/mol. The van der Waals surface area contributed by atoms with Crippen molar-refractivity contribution in [1.82, 2.24) is 24.7 Å². The highest BCUT2D eigenvalue weighted by Crippen LogP contribution is 2.33. The van der Waals surface area contributed by atoms with Crippen molar-refractivity contribution in [2.75, 3.05) is 32.7 Å². The van der Waals surface area contributed by atoms with Gasteiger partial charge in [-0.1, -0.05) is 44.2 Å². The number of hydrogen-bond acceptors (Lipinski definition) is 4. The molecule has 3 fully saturated rings. The number of nitrogens with one attached hydrogen (secondary N) is 2. The minimum Gasteiger partial charge on any atom is -0.352 e. The SMILES string of the molecule is CCn1c(=O)n([C@H]2CCN(CC3CCCCCCC3)C[C@@H]2C(=O)N[C@@H]2CCNC2)c2ccccc21.Cl.Cl. The van der Waals surface area contributed by atoms with E-state index in [1.54, 1.807) is 0 Å². The molecule has 1 amide bonds. The topological polar surface area (TPSA) is 71.3 Å². The number of halogens is 2. The lowest BCUT2D eigenvalue weighted by Crippen LogP contribution is -2.52. The first kappa shape index (κ1) is 30.0. The van der Waals surface area contributed by atoms with Crippen LogP contribution in [0.5, 0.6) is 0 Å². The van der Waals surface area contributed by atoms with Crippen LogP contribution in [0.15, 0.2) is 29.1 Å². The molecule has 2 saturated heterocycles. The Kier molecular flexibility index (Phi) is 11.4. The monoisotopic (exact) mass is 553 g/mol. The van der Waals surface area contributed by atoms with Gasteiger partial charge in [-0.3, -0.25) is 13.9 Å². The second kappa shape index (κ2) is 14.0. The molecule has 3 aliphatic rings. The van der Waals surface area contributed by atoms with Crippen molar-refractivity contribution in [1.29, 1.82) is 0 Å². The zero-order chi connectivity index (χ0) is 24.2. The van der Waals surface area contributed by atoms with E-state index in [4.69, 9.17) is 0 Å². The molecule has 2 aromatic rings. The van der Waals surface area contributed by atoms with Gasteiger partial charge in [0.2, 0.25) is 5.91 Å². The van der Waals surface area contributed by atoms with Gasteiger partial charge in [-0.15, -0.1) is 24.8 Å². The zero-order valence-corrected chi connectivity index (χ0v) is 23.8. The van der Waals surface area contributed by atoms with Gasteiger partial charge in [-0.2, -0.15) is 0 Å². The lowest BCUT2D eigenvalue weighted by atomic mass is 9.87. The van der Waals surface area contributed by atoms with Crippen LogP contribution in [-0.2, 0) is 11.3 Å². The molecule has 37 heavy (non-hydrogen) atoms. The summed E-state index contributed by atoms with van der Waals surface area (Å²) in [7, 11) is 0. The van der Waals surface area contributed by atoms with Gasteiger partial charge in [0.1, 0.15) is 0 Å². The number of likely N-dealkylation sites (tertiary alicyclic amines) is 1. The van der Waals surface area contributed by atoms with Crippen LogP contribution < -0.4 is 16.3 Å². The number of nitrogens with zero attached hydrogens (tertiary/aromatic N) is 3. The lowest BCUT2D eigenvalue weighted by molar-refractivity contribution is -0.129. The van der Waals surface area contributed by atoms with Gasteiger partial charge in [0.05, 0.1) is 23.0 Å². The highest BCUT2D eigenvalue weighted by atomic mass is 35.5. The van der Waals surface area contributed by atoms with Crippen LogP contribution in [0.25, 0.3) is 11.0 Å². The van der Waals surface area contributed by atoms with Crippen molar-refractivity contribution < 1.29 is 4.79 Å². The maximum absolute atomic E-state index is 13.7. The third-order valence-electron chi connectivity index (χ3n) is 8.66. The van der Waals surface area contributed by atoms with Crippen LogP contribution in [0.4, 0.5) is 0 Å². The fourth-order valence-electron chi connectivity index (χ4n) is 6.77. The number of carbonyl (C=O) groups is 1. The summed E-state index contributed by atoms with van der Waals surface area (Å²) in [5.41, 5.74) is 1.95. The van der Waals surface area contributed by atoms with Gasteiger partial charge in [-0.25, -0.2) is 4.79 Å². The number of amides is 1. The van der Waals surface area contributed by atoms with Gasteiger partial charge in [0.15, 0.2) is 0 Å². The standard InChI is InChI=1S/C28H43N5O2.2ClH/c1-2-32-25-12-8-9-13-26(25)33(28(32)35)24-15-17-31(19-21-10-6-4-3-5-7-11-21)20-23(24)27(34)30-22-14-16-29-18-22;;/h8-9,12-13,21-24,29H,2-7,10-11,14-20H2,1H3,(H,30,34);2*1H/t22-,23+,24+;;/m1../s1. The molecule has 0 spiro atoms. The summed E-state index contributed by atoms with van der Waals surface area (Å²) in [6.45, 7) is 7.23. The van der Waals surface area contributed by atoms with Gasteiger partial charge in [0, 0.05) is 38.8 Å². The molecule has 3 atom stereocenters. The summed E-state index contributed by atoms with van der Waals surface area (Å²) < 4.78 is 3.80. The highest BCUT2D eigenvalue weighted by molar-refractivity contribution is 5.85. The van der Waals surface area contributed by atoms with Crippen molar-refractivity contribution in [2.45, 2.75) is 83.3 Å². The summed E-state index contributed by atoms with van der Waals surface area (Å²) in [6.07, 6.45) is 11.2. The molecular formula is C28H45Cl2N5O2. The fraction of sp³-hybridized carbons (Fsp3) is 0.714. The van der Waals surface area contributed by atoms with E-state index in [2.05, 4.69) is 15.5 Å². The van der Waals surface area contributed by atoms with E-state index < -0.39 is 0 Å². The number of hydrogen-bond donors (Lipinski definition) is 2. The number of rotatable bonds is 6. The van der Waals surface area contributed by atoms with Crippen LogP contribution >= 0.6 is 24.8 Å². The second-order valence-corrected chi connectivity index (χ2v) is 11.0. The Balaban J connectivity index is 0.00000190. The largest absolute Gasteiger partial charge is 0.352 e. The molecule has 1 aromatic carbocycles. The van der Waals surface area contributed by atoms with E-state index in [9.17, 15) is 9.59 Å². The van der Waals surface area contributed by atoms with Crippen molar-refractivity contribution in [3.8, 4) is 0 Å². The van der Waals surface area contributed by atoms with Gasteiger partial charge in [-0.05, 0) is 57.2 Å². The van der Waals surface area contributed by atoms with Crippen LogP contribution in [0.1, 0.15) is 70.8 Å². The molecule has 9 heteroatoms. The summed E-state index contributed by atoms with van der Waals surface area (Å²) in [4.78, 5) is 29.8. The first-order valence-corrected chi connectivity index (χ1v) is 14.1. The number of aryl methyl sites for hydroxylation is 1. The van der Waals surface area contributed by atoms with Gasteiger partial charge < -0.3 is 15.5 Å². The molecule has 1 saturated carbocycles. The molecule has 1 aliphatic carbocycles. The first-order chi connectivity index (χ1) is 17.2. The predicted molar refractivity (Wildman–Crippen MR) is 155 cm³/mol. The first-order valence-electron chi connectivity index (χ1n) is 14.1. The second-order valence-electron chi connectivity index (χ2n) is 11.0. The lowest BCUT2D eigenvalue weighted by Gasteiger charge is -2.40. The predicted octanol–water partition coefficient (Wildman–Crippen LogP) is 4.37. The highest BCUT2D eigenvalue weighted by Gasteiger charge is 2.38. The van der Waals surface area contributed by atoms with Crippen LogP contribution in [0.2, 0.25) is 0 Å². The third kappa shape index (κ3) is 6.73. The average molecular weight is 555 g/mol. The van der Waals surface area contributed by atoms with Crippen molar-refractivity contribution in [3.63, 3.8) is 0 Å². The molecule has 2 aliphatic heterocycles. The molecule has 0 unspecified atom stereocenters. The minimum atomic E-state index is -0.216. The van der Waals surface area contributed by atoms with Crippen molar-refractivity contribution in [2.24, 2.45) is 11.8 Å². The van der Waals surface area contributed by atoms with Crippen molar-refractivity contribution >= 4 is 41.8 Å². The van der Waals surface area contributed by atoms with Crippen molar-refractivity contribution in [3.05, 3.63) is 34.7 Å². The molecule has 5 rings (SSSR count). The Bertz CT molecular complexity index is 1060. The Labute approximate surface area is 233 Å². The third-order valence-corrected chi connectivity index (χ3v) is 8.66. The van der Waals surface area contributed by atoms with E-state index in [1.807, 2.05) is 40.3 Å². The maximum Gasteiger partial charge on any atom is 0.329 e. The fourth-order valence-corrected chi connectivity index (χ4v) is 6.77. The molecule has 2 N–H and O–H groups in total. The number of piperidine rings is 1. The number of aromatic nitrogens is 2. The average Bonchev–Trinajstić information content (AvgIpc) is 3.45. The molecule has 0 bridgehead atoms. The molecule has 1 aromatic heterocycles. The smallest absolute Gasteiger partial charge is 0.329 e. The van der Waals surface area contributed by atoms with Crippen LogP contribution in [0.3, 0.4) is 0 Å². The van der Waals surface area contributed by atoms with E-state index in [-0.39, 0.29) is 54.4 Å². The summed E-state index contributed by atoms with van der Waals surface area (Å²) >= 11 is 0.